The van der Waals surface area contributed by atoms with Crippen LogP contribution >= 0.6 is 0 Å². The molecule has 0 amide bonds. The maximum absolute atomic E-state index is 13.2. The van der Waals surface area contributed by atoms with E-state index in [1.807, 2.05) is 18.7 Å². The summed E-state index contributed by atoms with van der Waals surface area (Å²) in [6.07, 6.45) is -2.15. The first kappa shape index (κ1) is 21.7. The van der Waals surface area contributed by atoms with Crippen LogP contribution in [0.1, 0.15) is 31.8 Å². The normalized spacial score (nSPS) is 18.0. The van der Waals surface area contributed by atoms with Crippen molar-refractivity contribution in [3.05, 3.63) is 34.1 Å². The van der Waals surface area contributed by atoms with Gasteiger partial charge in [0.05, 0.1) is 6.20 Å². The largest absolute Gasteiger partial charge is 0.433 e. The van der Waals surface area contributed by atoms with Crippen molar-refractivity contribution in [2.24, 2.45) is 11.3 Å². The van der Waals surface area contributed by atoms with E-state index in [-0.39, 0.29) is 22.7 Å². The number of aromatic amines is 1. The standard InChI is InChI=1S/C21H25F3N8O/c1-12(2)8-32-18(33)14-7-25-29-17(14)28-19(32)30-5-4-20(9-30)10-31(11-20)16-6-15(21(22,23)24)26-13(3)27-16/h6-7,12H,4-5,8-11H2,1-3H3,(H,25,29). The third-order valence-corrected chi connectivity index (χ3v) is 6.31. The van der Waals surface area contributed by atoms with Gasteiger partial charge in [-0.25, -0.2) is 9.97 Å². The van der Waals surface area contributed by atoms with Gasteiger partial charge in [0.2, 0.25) is 5.95 Å². The van der Waals surface area contributed by atoms with E-state index >= 15 is 0 Å². The first-order valence-corrected chi connectivity index (χ1v) is 10.9. The van der Waals surface area contributed by atoms with Crippen LogP contribution < -0.4 is 15.4 Å². The molecular formula is C21H25F3N8O. The average molecular weight is 462 g/mol. The Bertz CT molecular complexity index is 1260. The van der Waals surface area contributed by atoms with E-state index in [1.165, 1.54) is 13.1 Å². The van der Waals surface area contributed by atoms with Crippen LogP contribution in [0.25, 0.3) is 11.0 Å². The van der Waals surface area contributed by atoms with E-state index in [0.717, 1.165) is 12.5 Å². The average Bonchev–Trinajstić information content (AvgIpc) is 3.35. The maximum atomic E-state index is 13.2. The molecule has 2 saturated heterocycles. The molecule has 0 aromatic carbocycles. The van der Waals surface area contributed by atoms with Crippen molar-refractivity contribution < 1.29 is 13.2 Å². The molecule has 2 fully saturated rings. The van der Waals surface area contributed by atoms with E-state index in [0.29, 0.717) is 55.5 Å². The molecule has 1 N–H and O–H groups in total. The van der Waals surface area contributed by atoms with Gasteiger partial charge in [0.1, 0.15) is 22.7 Å². The number of hydrogen-bond donors (Lipinski definition) is 1. The lowest BCUT2D eigenvalue weighted by molar-refractivity contribution is -0.141. The number of alkyl halides is 3. The van der Waals surface area contributed by atoms with E-state index in [9.17, 15) is 18.0 Å². The number of nitrogens with one attached hydrogen (secondary N) is 1. The molecule has 0 unspecified atom stereocenters. The lowest BCUT2D eigenvalue weighted by Gasteiger charge is -2.48. The molecule has 33 heavy (non-hydrogen) atoms. The van der Waals surface area contributed by atoms with Crippen LogP contribution in [0.5, 0.6) is 0 Å². The van der Waals surface area contributed by atoms with Crippen LogP contribution in [0.2, 0.25) is 0 Å². The lowest BCUT2D eigenvalue weighted by atomic mass is 9.79. The van der Waals surface area contributed by atoms with Gasteiger partial charge in [-0.2, -0.15) is 23.3 Å². The minimum atomic E-state index is -4.51. The Morgan fingerprint density at radius 3 is 2.58 bits per heavy atom. The number of rotatable bonds is 4. The van der Waals surface area contributed by atoms with Crippen molar-refractivity contribution in [1.29, 1.82) is 0 Å². The summed E-state index contributed by atoms with van der Waals surface area (Å²) in [5.74, 6) is 1.27. The van der Waals surface area contributed by atoms with Crippen LogP contribution in [-0.4, -0.2) is 55.9 Å². The zero-order valence-electron chi connectivity index (χ0n) is 18.6. The third-order valence-electron chi connectivity index (χ3n) is 6.31. The molecule has 2 aliphatic heterocycles. The number of aromatic nitrogens is 6. The Labute approximate surface area is 187 Å². The number of fused-ring (bicyclic) bond motifs is 1. The monoisotopic (exact) mass is 462 g/mol. The van der Waals surface area contributed by atoms with Gasteiger partial charge < -0.3 is 9.80 Å². The lowest BCUT2D eigenvalue weighted by Crippen LogP contribution is -2.58. The van der Waals surface area contributed by atoms with Crippen molar-refractivity contribution in [2.45, 2.75) is 39.9 Å². The van der Waals surface area contributed by atoms with Crippen molar-refractivity contribution in [2.75, 3.05) is 36.0 Å². The summed E-state index contributed by atoms with van der Waals surface area (Å²) in [6.45, 7) is 8.68. The van der Waals surface area contributed by atoms with Crippen LogP contribution in [0.4, 0.5) is 24.9 Å². The summed E-state index contributed by atoms with van der Waals surface area (Å²) < 4.78 is 41.2. The van der Waals surface area contributed by atoms with Crippen LogP contribution in [0.3, 0.4) is 0 Å². The number of anilines is 2. The molecule has 2 aliphatic rings. The fourth-order valence-corrected chi connectivity index (χ4v) is 4.84. The molecule has 3 aromatic heterocycles. The zero-order chi connectivity index (χ0) is 23.5. The predicted octanol–water partition coefficient (Wildman–Crippen LogP) is 2.61. The summed E-state index contributed by atoms with van der Waals surface area (Å²) >= 11 is 0. The van der Waals surface area contributed by atoms with Gasteiger partial charge in [0.15, 0.2) is 5.65 Å². The predicted molar refractivity (Wildman–Crippen MR) is 116 cm³/mol. The first-order chi connectivity index (χ1) is 15.5. The molecule has 12 heteroatoms. The Kier molecular flexibility index (Phi) is 4.87. The Morgan fingerprint density at radius 1 is 1.15 bits per heavy atom. The highest BCUT2D eigenvalue weighted by molar-refractivity contribution is 5.74. The van der Waals surface area contributed by atoms with Gasteiger partial charge in [-0.15, -0.1) is 0 Å². The van der Waals surface area contributed by atoms with E-state index < -0.39 is 11.9 Å². The van der Waals surface area contributed by atoms with Crippen molar-refractivity contribution >= 4 is 22.8 Å². The first-order valence-electron chi connectivity index (χ1n) is 10.9. The second-order valence-corrected chi connectivity index (χ2v) is 9.54. The van der Waals surface area contributed by atoms with Gasteiger partial charge in [0, 0.05) is 44.2 Å². The second-order valence-electron chi connectivity index (χ2n) is 9.54. The summed E-state index contributed by atoms with van der Waals surface area (Å²) in [6, 6.07) is 1.01. The molecule has 0 bridgehead atoms. The van der Waals surface area contributed by atoms with Gasteiger partial charge in [-0.1, -0.05) is 13.8 Å². The van der Waals surface area contributed by atoms with E-state index in [4.69, 9.17) is 4.98 Å². The summed E-state index contributed by atoms with van der Waals surface area (Å²) in [5.41, 5.74) is -0.665. The topological polar surface area (TPSA) is 95.8 Å². The zero-order valence-corrected chi connectivity index (χ0v) is 18.6. The molecule has 9 nitrogen and oxygen atoms in total. The Morgan fingerprint density at radius 2 is 1.88 bits per heavy atom. The Balaban J connectivity index is 1.38. The minimum Gasteiger partial charge on any atom is -0.355 e. The van der Waals surface area contributed by atoms with Gasteiger partial charge in [0.25, 0.3) is 5.56 Å². The van der Waals surface area contributed by atoms with Gasteiger partial charge in [-0.3, -0.25) is 14.5 Å². The number of H-pyrrole nitrogens is 1. The fourth-order valence-electron chi connectivity index (χ4n) is 4.84. The molecule has 0 atom stereocenters. The highest BCUT2D eigenvalue weighted by atomic mass is 19.4. The summed E-state index contributed by atoms with van der Waals surface area (Å²) in [4.78, 5) is 29.5. The molecular weight excluding hydrogens is 437 g/mol. The van der Waals surface area contributed by atoms with Crippen LogP contribution in [-0.2, 0) is 12.7 Å². The fraction of sp³-hybridized carbons (Fsp3) is 0.571. The van der Waals surface area contributed by atoms with Crippen LogP contribution in [0.15, 0.2) is 17.1 Å². The highest BCUT2D eigenvalue weighted by Gasteiger charge is 2.49. The van der Waals surface area contributed by atoms with Crippen LogP contribution in [0, 0.1) is 18.3 Å². The van der Waals surface area contributed by atoms with Crippen molar-refractivity contribution in [3.8, 4) is 0 Å². The third kappa shape index (κ3) is 3.80. The number of hydrogen-bond acceptors (Lipinski definition) is 7. The number of halogens is 3. The van der Waals surface area contributed by atoms with E-state index in [1.54, 1.807) is 4.57 Å². The molecule has 0 saturated carbocycles. The van der Waals surface area contributed by atoms with E-state index in [2.05, 4.69) is 25.1 Å². The number of aryl methyl sites for hydroxylation is 1. The molecule has 176 valence electrons. The quantitative estimate of drug-likeness (QED) is 0.637. The molecule has 0 aliphatic carbocycles. The maximum Gasteiger partial charge on any atom is 0.433 e. The second kappa shape index (κ2) is 7.42. The summed E-state index contributed by atoms with van der Waals surface area (Å²) in [5, 5.41) is 7.21. The smallest absolute Gasteiger partial charge is 0.355 e. The molecule has 5 heterocycles. The molecule has 3 aromatic rings. The van der Waals surface area contributed by atoms with Gasteiger partial charge >= 0.3 is 6.18 Å². The number of nitrogens with zero attached hydrogens (tertiary/aromatic N) is 7. The minimum absolute atomic E-state index is 0.0828. The highest BCUT2D eigenvalue weighted by Crippen LogP contribution is 2.43. The molecule has 0 radical (unpaired) electrons. The van der Waals surface area contributed by atoms with Crippen molar-refractivity contribution in [3.63, 3.8) is 0 Å². The Hall–Kier alpha value is -3.18. The van der Waals surface area contributed by atoms with Crippen molar-refractivity contribution in [1.82, 2.24) is 29.7 Å². The van der Waals surface area contributed by atoms with Gasteiger partial charge in [-0.05, 0) is 19.3 Å². The summed E-state index contributed by atoms with van der Waals surface area (Å²) in [7, 11) is 0. The molecule has 1 spiro atoms. The molecule has 5 rings (SSSR count). The SMILES string of the molecule is Cc1nc(N2CC3(CCN(c4nc5[nH]ncc5c(=O)n4CC(C)C)C3)C2)cc(C(F)(F)F)n1.